The van der Waals surface area contributed by atoms with Crippen LogP contribution < -0.4 is 10.6 Å². The van der Waals surface area contributed by atoms with Crippen molar-refractivity contribution in [1.29, 1.82) is 0 Å². The quantitative estimate of drug-likeness (QED) is 0.797. The van der Waals surface area contributed by atoms with Crippen LogP contribution in [-0.4, -0.2) is 61.2 Å². The van der Waals surface area contributed by atoms with Crippen LogP contribution in [0, 0.1) is 5.92 Å². The minimum Gasteiger partial charge on any atom is -0.384 e. The number of carbonyl (C=O) groups is 1. The maximum Gasteiger partial charge on any atom is 0.236 e. The summed E-state index contributed by atoms with van der Waals surface area (Å²) in [5.74, 6) is 1.23. The summed E-state index contributed by atoms with van der Waals surface area (Å²) >= 11 is 0. The standard InChI is InChI=1S/C20H27N5O2/c1-24(19(26)9-21)12-15-4-3-5-17(8-15)18-10-22-20(23-11-18)25-7-6-16(13-25)14-27-2/h3-5,8,10-11,16H,6-7,9,12-14,21H2,1-2H3. The van der Waals surface area contributed by atoms with Gasteiger partial charge < -0.3 is 20.3 Å². The number of amides is 1. The summed E-state index contributed by atoms with van der Waals surface area (Å²) in [6, 6.07) is 8.06. The van der Waals surface area contributed by atoms with Crippen LogP contribution in [-0.2, 0) is 16.1 Å². The number of hydrogen-bond acceptors (Lipinski definition) is 6. The number of likely N-dealkylation sites (N-methyl/N-ethyl adjacent to an activating group) is 1. The normalized spacial score (nSPS) is 16.6. The fourth-order valence-electron chi connectivity index (χ4n) is 3.39. The number of rotatable bonds is 7. The topological polar surface area (TPSA) is 84.6 Å². The summed E-state index contributed by atoms with van der Waals surface area (Å²) in [7, 11) is 3.50. The maximum atomic E-state index is 11.7. The monoisotopic (exact) mass is 369 g/mol. The Hall–Kier alpha value is -2.51. The van der Waals surface area contributed by atoms with E-state index in [1.54, 1.807) is 19.1 Å². The Morgan fingerprint density at radius 2 is 2.11 bits per heavy atom. The highest BCUT2D eigenvalue weighted by Gasteiger charge is 2.24. The largest absolute Gasteiger partial charge is 0.384 e. The van der Waals surface area contributed by atoms with Gasteiger partial charge in [0.25, 0.3) is 0 Å². The first-order valence-electron chi connectivity index (χ1n) is 9.20. The Labute approximate surface area is 160 Å². The highest BCUT2D eigenvalue weighted by atomic mass is 16.5. The molecule has 1 aromatic carbocycles. The van der Waals surface area contributed by atoms with Crippen molar-refractivity contribution in [1.82, 2.24) is 14.9 Å². The van der Waals surface area contributed by atoms with Gasteiger partial charge in [-0.25, -0.2) is 9.97 Å². The fourth-order valence-corrected chi connectivity index (χ4v) is 3.39. The second-order valence-electron chi connectivity index (χ2n) is 6.98. The Kier molecular flexibility index (Phi) is 6.36. The van der Waals surface area contributed by atoms with Crippen molar-refractivity contribution in [2.45, 2.75) is 13.0 Å². The van der Waals surface area contributed by atoms with E-state index in [1.807, 2.05) is 30.6 Å². The highest BCUT2D eigenvalue weighted by Crippen LogP contribution is 2.24. The van der Waals surface area contributed by atoms with Gasteiger partial charge in [0.1, 0.15) is 0 Å². The van der Waals surface area contributed by atoms with Crippen LogP contribution >= 0.6 is 0 Å². The SMILES string of the molecule is COCC1CCN(c2ncc(-c3cccc(CN(C)C(=O)CN)c3)cn2)C1. The molecule has 1 aliphatic heterocycles. The van der Waals surface area contributed by atoms with Crippen molar-refractivity contribution in [3.63, 3.8) is 0 Å². The zero-order valence-corrected chi connectivity index (χ0v) is 16.0. The van der Waals surface area contributed by atoms with Crippen LogP contribution in [0.2, 0.25) is 0 Å². The molecule has 1 fully saturated rings. The molecule has 1 amide bonds. The van der Waals surface area contributed by atoms with E-state index in [-0.39, 0.29) is 12.5 Å². The highest BCUT2D eigenvalue weighted by molar-refractivity contribution is 5.77. The van der Waals surface area contributed by atoms with Crippen molar-refractivity contribution in [3.05, 3.63) is 42.2 Å². The van der Waals surface area contributed by atoms with Crippen LogP contribution in [0.3, 0.4) is 0 Å². The molecule has 2 heterocycles. The van der Waals surface area contributed by atoms with Crippen LogP contribution in [0.4, 0.5) is 5.95 Å². The molecule has 27 heavy (non-hydrogen) atoms. The molecule has 1 unspecified atom stereocenters. The number of carbonyl (C=O) groups excluding carboxylic acids is 1. The Morgan fingerprint density at radius 1 is 1.33 bits per heavy atom. The summed E-state index contributed by atoms with van der Waals surface area (Å²) in [5.41, 5.74) is 8.46. The molecule has 7 nitrogen and oxygen atoms in total. The number of ether oxygens (including phenoxy) is 1. The third-order valence-electron chi connectivity index (χ3n) is 4.89. The molecule has 7 heteroatoms. The van der Waals surface area contributed by atoms with E-state index in [1.165, 1.54) is 0 Å². The van der Waals surface area contributed by atoms with E-state index in [0.29, 0.717) is 12.5 Å². The summed E-state index contributed by atoms with van der Waals surface area (Å²) in [4.78, 5) is 24.6. The molecule has 2 N–H and O–H groups in total. The summed E-state index contributed by atoms with van der Waals surface area (Å²) in [5, 5.41) is 0. The van der Waals surface area contributed by atoms with Crippen molar-refractivity contribution >= 4 is 11.9 Å². The van der Waals surface area contributed by atoms with Gasteiger partial charge in [-0.3, -0.25) is 4.79 Å². The molecule has 1 saturated heterocycles. The number of methoxy groups -OCH3 is 1. The van der Waals surface area contributed by atoms with Gasteiger partial charge in [0.15, 0.2) is 0 Å². The lowest BCUT2D eigenvalue weighted by molar-refractivity contribution is -0.128. The fraction of sp³-hybridized carbons (Fsp3) is 0.450. The maximum absolute atomic E-state index is 11.7. The van der Waals surface area contributed by atoms with Crippen LogP contribution in [0.15, 0.2) is 36.7 Å². The molecule has 0 spiro atoms. The molecule has 1 aliphatic rings. The van der Waals surface area contributed by atoms with Crippen molar-refractivity contribution in [2.24, 2.45) is 11.7 Å². The molecule has 1 atom stereocenters. The Bertz CT molecular complexity index is 765. The van der Waals surface area contributed by atoms with Gasteiger partial charge in [0.05, 0.1) is 13.2 Å². The van der Waals surface area contributed by atoms with E-state index in [4.69, 9.17) is 10.5 Å². The third kappa shape index (κ3) is 4.81. The second kappa shape index (κ2) is 8.92. The summed E-state index contributed by atoms with van der Waals surface area (Å²) < 4.78 is 5.25. The predicted molar refractivity (Wildman–Crippen MR) is 105 cm³/mol. The van der Waals surface area contributed by atoms with Gasteiger partial charge in [-0.1, -0.05) is 18.2 Å². The van der Waals surface area contributed by atoms with Crippen LogP contribution in [0.5, 0.6) is 0 Å². The van der Waals surface area contributed by atoms with Crippen LogP contribution in [0.25, 0.3) is 11.1 Å². The predicted octanol–water partition coefficient (Wildman–Crippen LogP) is 1.53. The van der Waals surface area contributed by atoms with E-state index in [2.05, 4.69) is 20.9 Å². The molecule has 0 bridgehead atoms. The Balaban J connectivity index is 1.68. The van der Waals surface area contributed by atoms with Gasteiger partial charge in [-0.05, 0) is 23.6 Å². The van der Waals surface area contributed by atoms with E-state index in [0.717, 1.165) is 48.8 Å². The molecule has 144 valence electrons. The first kappa shape index (κ1) is 19.3. The van der Waals surface area contributed by atoms with Gasteiger partial charge in [-0.15, -0.1) is 0 Å². The lowest BCUT2D eigenvalue weighted by Crippen LogP contribution is -2.32. The zero-order valence-electron chi connectivity index (χ0n) is 16.0. The van der Waals surface area contributed by atoms with Crippen molar-refractivity contribution in [3.8, 4) is 11.1 Å². The number of aromatic nitrogens is 2. The molecule has 3 rings (SSSR count). The number of nitrogens with two attached hydrogens (primary N) is 1. The zero-order chi connectivity index (χ0) is 19.2. The van der Waals surface area contributed by atoms with Crippen molar-refractivity contribution < 1.29 is 9.53 Å². The van der Waals surface area contributed by atoms with Crippen LogP contribution in [0.1, 0.15) is 12.0 Å². The first-order chi connectivity index (χ1) is 13.1. The van der Waals surface area contributed by atoms with Gasteiger partial charge in [0, 0.05) is 57.7 Å². The summed E-state index contributed by atoms with van der Waals surface area (Å²) in [6.45, 7) is 3.22. The minimum absolute atomic E-state index is 0.0211. The molecule has 2 aromatic rings. The van der Waals surface area contributed by atoms with Gasteiger partial charge >= 0.3 is 0 Å². The van der Waals surface area contributed by atoms with E-state index < -0.39 is 0 Å². The smallest absolute Gasteiger partial charge is 0.236 e. The van der Waals surface area contributed by atoms with Gasteiger partial charge in [-0.2, -0.15) is 0 Å². The number of benzene rings is 1. The molecule has 0 aliphatic carbocycles. The van der Waals surface area contributed by atoms with Crippen molar-refractivity contribution in [2.75, 3.05) is 45.3 Å². The molecule has 0 radical (unpaired) electrons. The molecular formula is C20H27N5O2. The average Bonchev–Trinajstić information content (AvgIpc) is 3.16. The molecule has 0 saturated carbocycles. The Morgan fingerprint density at radius 3 is 2.81 bits per heavy atom. The lowest BCUT2D eigenvalue weighted by atomic mass is 10.1. The number of anilines is 1. The number of nitrogens with zero attached hydrogens (tertiary/aromatic N) is 4. The van der Waals surface area contributed by atoms with E-state index in [9.17, 15) is 4.79 Å². The third-order valence-corrected chi connectivity index (χ3v) is 4.89. The van der Waals surface area contributed by atoms with E-state index >= 15 is 0 Å². The average molecular weight is 369 g/mol. The van der Waals surface area contributed by atoms with Gasteiger partial charge in [0.2, 0.25) is 11.9 Å². The lowest BCUT2D eigenvalue weighted by Gasteiger charge is -2.17. The summed E-state index contributed by atoms with van der Waals surface area (Å²) in [6.07, 6.45) is 4.83. The second-order valence-corrected chi connectivity index (χ2v) is 6.98. The molecule has 1 aromatic heterocycles. The molecular weight excluding hydrogens is 342 g/mol. The number of hydrogen-bond donors (Lipinski definition) is 1. The first-order valence-corrected chi connectivity index (χ1v) is 9.20. The minimum atomic E-state index is -0.0783.